The van der Waals surface area contributed by atoms with Crippen LogP contribution in [0.4, 0.5) is 5.69 Å². The number of nitrogens with one attached hydrogen (secondary N) is 4. The normalized spacial score (nSPS) is 13.0. The van der Waals surface area contributed by atoms with Crippen molar-refractivity contribution in [3.05, 3.63) is 72.1 Å². The third kappa shape index (κ3) is 4.33. The zero-order valence-electron chi connectivity index (χ0n) is 15.2. The number of nitrogens with zero attached hydrogens (tertiary/aromatic N) is 1. The van der Waals surface area contributed by atoms with Gasteiger partial charge in [-0.1, -0.05) is 24.3 Å². The van der Waals surface area contributed by atoms with E-state index in [1.54, 1.807) is 38.5 Å². The summed E-state index contributed by atoms with van der Waals surface area (Å²) in [5.74, 6) is -0.163. The highest BCUT2D eigenvalue weighted by Gasteiger charge is 2.20. The van der Waals surface area contributed by atoms with Crippen LogP contribution in [0.2, 0.25) is 0 Å². The number of hydrogen-bond acceptors (Lipinski definition) is 5. The molecule has 1 aromatic heterocycles. The second kappa shape index (κ2) is 8.48. The average Bonchev–Trinajstić information content (AvgIpc) is 3.23. The number of H-pyrrole nitrogens is 1. The highest BCUT2D eigenvalue weighted by molar-refractivity contribution is 5.94. The first-order valence-electron chi connectivity index (χ1n) is 8.65. The highest BCUT2D eigenvalue weighted by atomic mass is 16.3. The first-order valence-corrected chi connectivity index (χ1v) is 8.65. The van der Waals surface area contributed by atoms with Crippen molar-refractivity contribution in [3.8, 4) is 11.1 Å². The Kier molecular flexibility index (Phi) is 5.85. The molecule has 1 heterocycles. The van der Waals surface area contributed by atoms with Gasteiger partial charge >= 0.3 is 0 Å². The van der Waals surface area contributed by atoms with E-state index >= 15 is 0 Å². The molecule has 1 amide bonds. The Labute approximate surface area is 157 Å². The van der Waals surface area contributed by atoms with Crippen LogP contribution >= 0.6 is 0 Å². The van der Waals surface area contributed by atoms with E-state index in [2.05, 4.69) is 26.1 Å². The van der Waals surface area contributed by atoms with Gasteiger partial charge in [-0.05, 0) is 42.4 Å². The summed E-state index contributed by atoms with van der Waals surface area (Å²) in [7, 11) is 3.36. The van der Waals surface area contributed by atoms with E-state index in [-0.39, 0.29) is 11.9 Å². The lowest BCUT2D eigenvalue weighted by molar-refractivity contribution is 0.0962. The van der Waals surface area contributed by atoms with Gasteiger partial charge < -0.3 is 21.1 Å². The van der Waals surface area contributed by atoms with Crippen molar-refractivity contribution in [1.82, 2.24) is 20.8 Å². The van der Waals surface area contributed by atoms with E-state index in [9.17, 15) is 9.90 Å². The van der Waals surface area contributed by atoms with Gasteiger partial charge in [-0.3, -0.25) is 9.89 Å². The van der Waals surface area contributed by atoms with E-state index in [1.165, 1.54) is 0 Å². The molecule has 2 unspecified atom stereocenters. The number of likely N-dealkylation sites (N-methyl/N-ethyl adjacent to an activating group) is 1. The number of carbonyl (C=O) groups excluding carboxylic acids is 1. The van der Waals surface area contributed by atoms with Crippen LogP contribution in [-0.4, -0.2) is 41.5 Å². The lowest BCUT2D eigenvalue weighted by Crippen LogP contribution is -2.35. The van der Waals surface area contributed by atoms with Crippen molar-refractivity contribution in [3.63, 3.8) is 0 Å². The minimum absolute atomic E-state index is 0.163. The van der Waals surface area contributed by atoms with Crippen molar-refractivity contribution < 1.29 is 9.90 Å². The van der Waals surface area contributed by atoms with Crippen LogP contribution in [0.3, 0.4) is 0 Å². The molecule has 0 aliphatic heterocycles. The van der Waals surface area contributed by atoms with Crippen molar-refractivity contribution in [2.24, 2.45) is 0 Å². The summed E-state index contributed by atoms with van der Waals surface area (Å²) in [6.07, 6.45) is 2.70. The van der Waals surface area contributed by atoms with Gasteiger partial charge in [0.05, 0.1) is 12.2 Å². The number of benzene rings is 2. The fraction of sp³-hybridized carbons (Fsp3) is 0.200. The third-order valence-electron chi connectivity index (χ3n) is 4.39. The van der Waals surface area contributed by atoms with E-state index < -0.39 is 6.23 Å². The molecule has 0 radical (unpaired) electrons. The highest BCUT2D eigenvalue weighted by Crippen LogP contribution is 2.23. The molecule has 0 aliphatic carbocycles. The smallest absolute Gasteiger partial charge is 0.251 e. The summed E-state index contributed by atoms with van der Waals surface area (Å²) in [5.41, 5.74) is 4.19. The molecule has 5 N–H and O–H groups in total. The summed E-state index contributed by atoms with van der Waals surface area (Å²) < 4.78 is 0. The molecule has 140 valence electrons. The largest absolute Gasteiger partial charge is 0.372 e. The first kappa shape index (κ1) is 18.6. The number of aromatic nitrogens is 2. The zero-order valence-corrected chi connectivity index (χ0v) is 15.2. The van der Waals surface area contributed by atoms with Gasteiger partial charge in [-0.15, -0.1) is 0 Å². The second-order valence-electron chi connectivity index (χ2n) is 6.12. The van der Waals surface area contributed by atoms with Gasteiger partial charge in [0.2, 0.25) is 0 Å². The van der Waals surface area contributed by atoms with Gasteiger partial charge in [0, 0.05) is 30.1 Å². The molecular formula is C20H23N5O2. The maximum Gasteiger partial charge on any atom is 0.251 e. The molecular weight excluding hydrogens is 342 g/mol. The molecule has 0 spiro atoms. The predicted molar refractivity (Wildman–Crippen MR) is 105 cm³/mol. The van der Waals surface area contributed by atoms with E-state index in [0.29, 0.717) is 5.56 Å². The van der Waals surface area contributed by atoms with Crippen molar-refractivity contribution in [2.75, 3.05) is 19.4 Å². The number of amides is 1. The number of rotatable bonds is 7. The molecule has 7 heteroatoms. The number of aliphatic hydroxyl groups excluding tert-OH is 1. The zero-order chi connectivity index (χ0) is 19.2. The van der Waals surface area contributed by atoms with Crippen LogP contribution < -0.4 is 16.0 Å². The molecule has 0 bridgehead atoms. The van der Waals surface area contributed by atoms with Crippen LogP contribution in [0.15, 0.2) is 60.9 Å². The van der Waals surface area contributed by atoms with Crippen molar-refractivity contribution >= 4 is 11.6 Å². The Balaban J connectivity index is 1.73. The van der Waals surface area contributed by atoms with Crippen LogP contribution in [0.25, 0.3) is 11.1 Å². The quantitative estimate of drug-likeness (QED) is 0.413. The van der Waals surface area contributed by atoms with Crippen LogP contribution in [0, 0.1) is 0 Å². The number of carbonyl (C=O) groups is 1. The van der Waals surface area contributed by atoms with Crippen LogP contribution in [0.5, 0.6) is 0 Å². The molecule has 27 heavy (non-hydrogen) atoms. The van der Waals surface area contributed by atoms with Gasteiger partial charge in [0.1, 0.15) is 6.23 Å². The maximum atomic E-state index is 11.9. The number of aromatic amines is 1. The summed E-state index contributed by atoms with van der Waals surface area (Å²) in [5, 5.41) is 26.2. The number of hydrogen-bond donors (Lipinski definition) is 5. The Morgan fingerprint density at radius 1 is 1.11 bits per heavy atom. The Morgan fingerprint density at radius 3 is 2.52 bits per heavy atom. The minimum atomic E-state index is -0.880. The topological polar surface area (TPSA) is 102 Å². The van der Waals surface area contributed by atoms with Crippen LogP contribution in [0.1, 0.15) is 22.0 Å². The third-order valence-corrected chi connectivity index (χ3v) is 4.39. The van der Waals surface area contributed by atoms with E-state index in [0.717, 1.165) is 22.4 Å². The molecule has 3 rings (SSSR count). The number of aliphatic hydroxyl groups is 1. The molecule has 0 saturated carbocycles. The predicted octanol–water partition coefficient (Wildman–Crippen LogP) is 2.13. The SMILES string of the molecule is CNC(=O)c1cccc(C(NC)C(O)Nc2ccc(-c3cn[nH]c3)cc2)c1. The second-order valence-corrected chi connectivity index (χ2v) is 6.12. The van der Waals surface area contributed by atoms with Crippen molar-refractivity contribution in [2.45, 2.75) is 12.3 Å². The first-order chi connectivity index (χ1) is 13.1. The Morgan fingerprint density at radius 2 is 1.89 bits per heavy atom. The van der Waals surface area contributed by atoms with E-state index in [4.69, 9.17) is 0 Å². The molecule has 0 aliphatic rings. The fourth-order valence-corrected chi connectivity index (χ4v) is 2.95. The molecule has 0 saturated heterocycles. The molecule has 2 aromatic carbocycles. The van der Waals surface area contributed by atoms with Gasteiger partial charge in [0.15, 0.2) is 0 Å². The minimum Gasteiger partial charge on any atom is -0.372 e. The molecule has 7 nitrogen and oxygen atoms in total. The van der Waals surface area contributed by atoms with Gasteiger partial charge in [0.25, 0.3) is 5.91 Å². The monoisotopic (exact) mass is 365 g/mol. The maximum absolute atomic E-state index is 11.9. The molecule has 0 fully saturated rings. The van der Waals surface area contributed by atoms with Gasteiger partial charge in [-0.2, -0.15) is 5.10 Å². The summed E-state index contributed by atoms with van der Waals surface area (Å²) in [4.78, 5) is 11.9. The summed E-state index contributed by atoms with van der Waals surface area (Å²) in [6.45, 7) is 0. The standard InChI is InChI=1S/C20H23N5O2/c1-21-18(14-4-3-5-15(10-14)19(26)22-2)20(27)25-17-8-6-13(7-9-17)16-11-23-24-12-16/h3-12,18,20-21,25,27H,1-2H3,(H,22,26)(H,23,24). The average molecular weight is 365 g/mol. The molecule has 3 aromatic rings. The van der Waals surface area contributed by atoms with E-state index in [1.807, 2.05) is 36.5 Å². The fourth-order valence-electron chi connectivity index (χ4n) is 2.95. The Hall–Kier alpha value is -3.16. The van der Waals surface area contributed by atoms with Crippen molar-refractivity contribution in [1.29, 1.82) is 0 Å². The lowest BCUT2D eigenvalue weighted by Gasteiger charge is -2.25. The Bertz CT molecular complexity index is 878. The summed E-state index contributed by atoms with van der Waals surface area (Å²) in [6, 6.07) is 14.5. The van der Waals surface area contributed by atoms with Crippen LogP contribution in [-0.2, 0) is 0 Å². The van der Waals surface area contributed by atoms with Gasteiger partial charge in [-0.25, -0.2) is 0 Å². The number of anilines is 1. The summed E-state index contributed by atoms with van der Waals surface area (Å²) >= 11 is 0. The lowest BCUT2D eigenvalue weighted by atomic mass is 10.0. The molecule has 2 atom stereocenters.